The number of fused-ring (bicyclic) bond motifs is 5. The Hall–Kier alpha value is -0.830. The first-order chi connectivity index (χ1) is 18.2. The lowest BCUT2D eigenvalue weighted by Gasteiger charge is -2.58. The lowest BCUT2D eigenvalue weighted by molar-refractivity contribution is -0.152. The Balaban J connectivity index is 1.17. The van der Waals surface area contributed by atoms with E-state index in [0.717, 1.165) is 68.0 Å². The van der Waals surface area contributed by atoms with E-state index in [1.54, 1.807) is 5.57 Å². The molecule has 4 fully saturated rings. The van der Waals surface area contributed by atoms with Gasteiger partial charge in [-0.25, -0.2) is 0 Å². The molecule has 5 aliphatic rings. The maximum Gasteiger partial charge on any atom is 0.307 e. The second kappa shape index (κ2) is 12.0. The van der Waals surface area contributed by atoms with E-state index in [0.29, 0.717) is 17.3 Å². The number of likely N-dealkylation sites (tertiary alicyclic amines) is 1. The molecule has 3 nitrogen and oxygen atoms in total. The van der Waals surface area contributed by atoms with Gasteiger partial charge in [-0.15, -0.1) is 0 Å². The monoisotopic (exact) mass is 525 g/mol. The highest BCUT2D eigenvalue weighted by Crippen LogP contribution is 2.67. The van der Waals surface area contributed by atoms with E-state index < -0.39 is 0 Å². The molecule has 0 unspecified atom stereocenters. The molecule has 4 aliphatic carbocycles. The molecule has 0 aromatic carbocycles. The third-order valence-corrected chi connectivity index (χ3v) is 12.6. The van der Waals surface area contributed by atoms with Gasteiger partial charge in [-0.1, -0.05) is 72.0 Å². The lowest BCUT2D eigenvalue weighted by Crippen LogP contribution is -2.51. The summed E-state index contributed by atoms with van der Waals surface area (Å²) < 4.78 is 6.08. The Morgan fingerprint density at radius 3 is 2.55 bits per heavy atom. The van der Waals surface area contributed by atoms with E-state index in [-0.39, 0.29) is 12.1 Å². The standard InChI is InChI=1S/C35H59NO2/c1-25(2)10-9-11-26(3)30-14-15-31-29-13-12-27-24-28(38-33(37)18-23-36-21-7-6-8-22-36)16-19-34(27,4)32(29)17-20-35(30,31)5/h12,25-26,28-32H,6-11,13-24H2,1-5H3/t26-,28-,29+,30-,31+,32+,34-,35+/m0/s1. The fraction of sp³-hybridized carbons (Fsp3) is 0.914. The lowest BCUT2D eigenvalue weighted by atomic mass is 9.47. The minimum atomic E-state index is 0.0337. The predicted molar refractivity (Wildman–Crippen MR) is 158 cm³/mol. The largest absolute Gasteiger partial charge is 0.462 e. The number of ether oxygens (including phenoxy) is 1. The fourth-order valence-corrected chi connectivity index (χ4v) is 10.4. The molecule has 1 heterocycles. The maximum absolute atomic E-state index is 12.7. The second-order valence-electron chi connectivity index (χ2n) is 15.3. The molecular formula is C35H59NO2. The van der Waals surface area contributed by atoms with Crippen molar-refractivity contribution in [3.05, 3.63) is 11.6 Å². The smallest absolute Gasteiger partial charge is 0.307 e. The van der Waals surface area contributed by atoms with Crippen molar-refractivity contribution in [3.63, 3.8) is 0 Å². The molecule has 3 heteroatoms. The number of nitrogens with zero attached hydrogens (tertiary/aromatic N) is 1. The molecule has 216 valence electrons. The van der Waals surface area contributed by atoms with Crippen LogP contribution in [0.2, 0.25) is 0 Å². The molecule has 3 saturated carbocycles. The van der Waals surface area contributed by atoms with Gasteiger partial charge in [-0.05, 0) is 117 Å². The third-order valence-electron chi connectivity index (χ3n) is 12.6. The minimum Gasteiger partial charge on any atom is -0.462 e. The summed E-state index contributed by atoms with van der Waals surface area (Å²) >= 11 is 0. The molecule has 0 radical (unpaired) electrons. The SMILES string of the molecule is CC(C)CCC[C@H](C)[C@@H]1CC[C@@H]2[C@H]3CC=C4C[C@@H](OC(=O)CCN5CCCCC5)CC[C@]4(C)[C@@H]3CC[C@@]21C. The molecule has 8 atom stereocenters. The zero-order valence-electron chi connectivity index (χ0n) is 25.6. The van der Waals surface area contributed by atoms with Crippen molar-refractivity contribution in [1.82, 2.24) is 4.90 Å². The van der Waals surface area contributed by atoms with Gasteiger partial charge >= 0.3 is 5.97 Å². The average molecular weight is 526 g/mol. The van der Waals surface area contributed by atoms with Crippen LogP contribution in [0.5, 0.6) is 0 Å². The molecule has 1 aliphatic heterocycles. The number of piperidine rings is 1. The number of esters is 1. The van der Waals surface area contributed by atoms with E-state index in [9.17, 15) is 4.79 Å². The fourth-order valence-electron chi connectivity index (χ4n) is 10.4. The summed E-state index contributed by atoms with van der Waals surface area (Å²) in [6, 6.07) is 0. The summed E-state index contributed by atoms with van der Waals surface area (Å²) in [7, 11) is 0. The molecule has 0 bridgehead atoms. The molecule has 0 aromatic heterocycles. The number of allylic oxidation sites excluding steroid dienone is 1. The van der Waals surface area contributed by atoms with Crippen LogP contribution in [0.4, 0.5) is 0 Å². The van der Waals surface area contributed by atoms with Gasteiger partial charge in [0.1, 0.15) is 6.10 Å². The Morgan fingerprint density at radius 2 is 1.79 bits per heavy atom. The van der Waals surface area contributed by atoms with Crippen LogP contribution in [0, 0.1) is 46.3 Å². The molecule has 0 spiro atoms. The summed E-state index contributed by atoms with van der Waals surface area (Å²) in [5.74, 6) is 5.31. The van der Waals surface area contributed by atoms with Crippen LogP contribution in [-0.4, -0.2) is 36.6 Å². The van der Waals surface area contributed by atoms with E-state index in [1.807, 2.05) is 0 Å². The molecule has 5 rings (SSSR count). The highest BCUT2D eigenvalue weighted by molar-refractivity contribution is 5.69. The van der Waals surface area contributed by atoms with Gasteiger partial charge in [0.25, 0.3) is 0 Å². The van der Waals surface area contributed by atoms with Crippen molar-refractivity contribution >= 4 is 5.97 Å². The van der Waals surface area contributed by atoms with E-state index in [2.05, 4.69) is 45.6 Å². The first kappa shape index (κ1) is 28.7. The highest BCUT2D eigenvalue weighted by atomic mass is 16.5. The number of rotatable bonds is 9. The Morgan fingerprint density at radius 1 is 1.00 bits per heavy atom. The summed E-state index contributed by atoms with van der Waals surface area (Å²) in [6.07, 6.45) is 21.8. The molecule has 0 amide bonds. The van der Waals surface area contributed by atoms with Crippen LogP contribution in [-0.2, 0) is 9.53 Å². The van der Waals surface area contributed by atoms with E-state index in [1.165, 1.54) is 77.0 Å². The molecule has 0 N–H and O–H groups in total. The number of hydrogen-bond donors (Lipinski definition) is 0. The van der Waals surface area contributed by atoms with E-state index in [4.69, 9.17) is 4.74 Å². The van der Waals surface area contributed by atoms with Crippen LogP contribution in [0.15, 0.2) is 11.6 Å². The van der Waals surface area contributed by atoms with Crippen molar-refractivity contribution in [3.8, 4) is 0 Å². The van der Waals surface area contributed by atoms with Crippen LogP contribution < -0.4 is 0 Å². The van der Waals surface area contributed by atoms with Crippen molar-refractivity contribution < 1.29 is 9.53 Å². The Kier molecular flexibility index (Phi) is 9.03. The van der Waals surface area contributed by atoms with E-state index >= 15 is 0 Å². The Labute approximate surface area is 234 Å². The molecule has 1 saturated heterocycles. The highest BCUT2D eigenvalue weighted by Gasteiger charge is 2.59. The zero-order valence-corrected chi connectivity index (χ0v) is 25.6. The van der Waals surface area contributed by atoms with Crippen molar-refractivity contribution in [2.75, 3.05) is 19.6 Å². The van der Waals surface area contributed by atoms with Crippen molar-refractivity contribution in [2.45, 2.75) is 137 Å². The van der Waals surface area contributed by atoms with Gasteiger partial charge in [0, 0.05) is 13.0 Å². The number of carbonyl (C=O) groups excluding carboxylic acids is 1. The quantitative estimate of drug-likeness (QED) is 0.222. The predicted octanol–water partition coefficient (Wildman–Crippen LogP) is 8.82. The van der Waals surface area contributed by atoms with Gasteiger partial charge < -0.3 is 9.64 Å². The molecular weight excluding hydrogens is 466 g/mol. The van der Waals surface area contributed by atoms with Crippen molar-refractivity contribution in [2.24, 2.45) is 46.3 Å². The topological polar surface area (TPSA) is 29.5 Å². The zero-order chi connectivity index (χ0) is 26.9. The summed E-state index contributed by atoms with van der Waals surface area (Å²) in [5, 5.41) is 0. The van der Waals surface area contributed by atoms with Gasteiger partial charge in [0.15, 0.2) is 0 Å². The number of carbonyl (C=O) groups is 1. The number of hydrogen-bond acceptors (Lipinski definition) is 3. The third kappa shape index (κ3) is 5.80. The summed E-state index contributed by atoms with van der Waals surface area (Å²) in [4.78, 5) is 15.1. The first-order valence-electron chi connectivity index (χ1n) is 16.8. The van der Waals surface area contributed by atoms with Crippen molar-refractivity contribution in [1.29, 1.82) is 0 Å². The second-order valence-corrected chi connectivity index (χ2v) is 15.3. The van der Waals surface area contributed by atoms with Crippen LogP contribution in [0.25, 0.3) is 0 Å². The first-order valence-corrected chi connectivity index (χ1v) is 16.8. The van der Waals surface area contributed by atoms with Gasteiger partial charge in [-0.2, -0.15) is 0 Å². The molecule has 0 aromatic rings. The average Bonchev–Trinajstić information content (AvgIpc) is 3.25. The minimum absolute atomic E-state index is 0.0337. The maximum atomic E-state index is 12.7. The normalized spacial score (nSPS) is 40.2. The van der Waals surface area contributed by atoms with Crippen LogP contribution in [0.1, 0.15) is 131 Å². The van der Waals surface area contributed by atoms with Crippen LogP contribution >= 0.6 is 0 Å². The Bertz CT molecular complexity index is 843. The summed E-state index contributed by atoms with van der Waals surface area (Å²) in [6.45, 7) is 15.8. The van der Waals surface area contributed by atoms with Gasteiger partial charge in [0.2, 0.25) is 0 Å². The van der Waals surface area contributed by atoms with Gasteiger partial charge in [0.05, 0.1) is 6.42 Å². The van der Waals surface area contributed by atoms with Crippen LogP contribution in [0.3, 0.4) is 0 Å². The van der Waals surface area contributed by atoms with Gasteiger partial charge in [-0.3, -0.25) is 4.79 Å². The molecule has 38 heavy (non-hydrogen) atoms. The summed E-state index contributed by atoms with van der Waals surface area (Å²) in [5.41, 5.74) is 2.53.